The normalized spacial score (nSPS) is 24.2. The van der Waals surface area contributed by atoms with Gasteiger partial charge in [0.15, 0.2) is 0 Å². The zero-order valence-corrected chi connectivity index (χ0v) is 16.3. The van der Waals surface area contributed by atoms with Gasteiger partial charge in [0, 0.05) is 36.1 Å². The minimum atomic E-state index is -0.404. The summed E-state index contributed by atoms with van der Waals surface area (Å²) in [7, 11) is 0. The molecule has 146 valence electrons. The van der Waals surface area contributed by atoms with E-state index in [1.165, 1.54) is 12.1 Å². The second-order valence-electron chi connectivity index (χ2n) is 7.52. The number of rotatable bonds is 4. The van der Waals surface area contributed by atoms with Crippen molar-refractivity contribution in [2.45, 2.75) is 38.3 Å². The fourth-order valence-electron chi connectivity index (χ4n) is 4.51. The van der Waals surface area contributed by atoms with Crippen LogP contribution in [0.15, 0.2) is 60.7 Å². The first-order valence-electron chi connectivity index (χ1n) is 9.81. The molecule has 1 amide bonds. The summed E-state index contributed by atoms with van der Waals surface area (Å²) in [5.41, 5.74) is 1.34. The predicted molar refractivity (Wildman–Crippen MR) is 109 cm³/mol. The van der Waals surface area contributed by atoms with E-state index in [0.717, 1.165) is 30.8 Å². The van der Waals surface area contributed by atoms with E-state index in [1.54, 1.807) is 23.1 Å². The Morgan fingerprint density at radius 3 is 2.71 bits per heavy atom. The summed E-state index contributed by atoms with van der Waals surface area (Å²) in [6, 6.07) is 14.7. The molecular weight excluding hydrogens is 355 g/mol. The largest absolute Gasteiger partial charge is 0.494 e. The van der Waals surface area contributed by atoms with Gasteiger partial charge in [0.2, 0.25) is 0 Å². The van der Waals surface area contributed by atoms with Crippen molar-refractivity contribution in [1.82, 2.24) is 0 Å². The third-order valence-electron chi connectivity index (χ3n) is 5.70. The van der Waals surface area contributed by atoms with E-state index in [2.05, 4.69) is 24.0 Å². The lowest BCUT2D eigenvalue weighted by Crippen LogP contribution is -2.56. The predicted octanol–water partition coefficient (Wildman–Crippen LogP) is 4.55. The molecule has 0 bridgehead atoms. The third kappa shape index (κ3) is 3.26. The van der Waals surface area contributed by atoms with Gasteiger partial charge in [-0.2, -0.15) is 0 Å². The van der Waals surface area contributed by atoms with Gasteiger partial charge in [0.05, 0.1) is 12.1 Å². The van der Waals surface area contributed by atoms with Crippen molar-refractivity contribution in [1.29, 1.82) is 0 Å². The molecule has 2 heterocycles. The Balaban J connectivity index is 1.59. The molecule has 2 unspecified atom stereocenters. The van der Waals surface area contributed by atoms with Crippen LogP contribution in [0.25, 0.3) is 0 Å². The second-order valence-corrected chi connectivity index (χ2v) is 7.52. The van der Waals surface area contributed by atoms with Gasteiger partial charge in [-0.25, -0.2) is 4.39 Å². The van der Waals surface area contributed by atoms with Crippen LogP contribution in [-0.4, -0.2) is 30.6 Å². The molecule has 2 atom stereocenters. The molecule has 1 spiro atoms. The van der Waals surface area contributed by atoms with Crippen LogP contribution in [0.1, 0.15) is 26.7 Å². The van der Waals surface area contributed by atoms with Crippen LogP contribution in [0.5, 0.6) is 5.75 Å². The smallest absolute Gasteiger partial charge is 0.251 e. The van der Waals surface area contributed by atoms with E-state index >= 15 is 0 Å². The molecule has 0 N–H and O–H groups in total. The number of carbonyl (C=O) groups is 1. The molecular formula is C23H25FN2O2. The van der Waals surface area contributed by atoms with Crippen LogP contribution in [0.4, 0.5) is 15.8 Å². The van der Waals surface area contributed by atoms with Crippen molar-refractivity contribution in [3.8, 4) is 5.75 Å². The fraction of sp³-hybridized carbons (Fsp3) is 0.348. The van der Waals surface area contributed by atoms with Gasteiger partial charge >= 0.3 is 0 Å². The first kappa shape index (κ1) is 18.5. The van der Waals surface area contributed by atoms with Crippen LogP contribution in [0.2, 0.25) is 0 Å². The highest BCUT2D eigenvalue weighted by Gasteiger charge is 2.46. The monoisotopic (exact) mass is 380 g/mol. The molecule has 2 aliphatic heterocycles. The van der Waals surface area contributed by atoms with E-state index in [4.69, 9.17) is 4.74 Å². The van der Waals surface area contributed by atoms with Gasteiger partial charge in [-0.05, 0) is 57.0 Å². The molecule has 1 saturated heterocycles. The van der Waals surface area contributed by atoms with Crippen molar-refractivity contribution in [2.24, 2.45) is 0 Å². The summed E-state index contributed by atoms with van der Waals surface area (Å²) in [6.07, 6.45) is 5.20. The molecule has 0 saturated carbocycles. The summed E-state index contributed by atoms with van der Waals surface area (Å²) in [5, 5.41) is 0. The zero-order chi connectivity index (χ0) is 19.7. The molecule has 4 rings (SSSR count). The first-order chi connectivity index (χ1) is 13.5. The van der Waals surface area contributed by atoms with Crippen LogP contribution < -0.4 is 14.5 Å². The number of piperidine rings is 1. The summed E-state index contributed by atoms with van der Waals surface area (Å²) in [5.74, 6) is 0.458. The topological polar surface area (TPSA) is 32.8 Å². The lowest BCUT2D eigenvalue weighted by molar-refractivity contribution is -0.114. The first-order valence-corrected chi connectivity index (χ1v) is 9.81. The number of carbonyl (C=O) groups excluding carboxylic acids is 1. The van der Waals surface area contributed by atoms with E-state index in [-0.39, 0.29) is 17.8 Å². The highest BCUT2D eigenvalue weighted by atomic mass is 19.1. The van der Waals surface area contributed by atoms with Crippen molar-refractivity contribution in [3.05, 3.63) is 66.5 Å². The maximum atomic E-state index is 13.8. The number of ether oxygens (including phenoxy) is 1. The number of benzene rings is 2. The van der Waals surface area contributed by atoms with Gasteiger partial charge in [-0.1, -0.05) is 18.2 Å². The molecule has 0 aromatic heterocycles. The Morgan fingerprint density at radius 1 is 1.18 bits per heavy atom. The average Bonchev–Trinajstić information content (AvgIpc) is 2.98. The highest BCUT2D eigenvalue weighted by molar-refractivity contribution is 6.06. The Kier molecular flexibility index (Phi) is 4.84. The van der Waals surface area contributed by atoms with Crippen LogP contribution in [0, 0.1) is 5.82 Å². The molecule has 4 nitrogen and oxygen atoms in total. The van der Waals surface area contributed by atoms with Gasteiger partial charge in [0.25, 0.3) is 5.91 Å². The zero-order valence-electron chi connectivity index (χ0n) is 16.3. The third-order valence-corrected chi connectivity index (χ3v) is 5.70. The molecule has 5 heteroatoms. The van der Waals surface area contributed by atoms with Crippen molar-refractivity contribution < 1.29 is 13.9 Å². The second kappa shape index (κ2) is 7.30. The number of hydrogen-bond donors (Lipinski definition) is 0. The number of hydrogen-bond acceptors (Lipinski definition) is 3. The summed E-state index contributed by atoms with van der Waals surface area (Å²) in [6.45, 7) is 5.59. The van der Waals surface area contributed by atoms with Crippen LogP contribution in [-0.2, 0) is 4.79 Å². The number of halogens is 1. The summed E-state index contributed by atoms with van der Waals surface area (Å²) >= 11 is 0. The number of nitrogens with zero attached hydrogens (tertiary/aromatic N) is 2. The van der Waals surface area contributed by atoms with E-state index in [9.17, 15) is 9.18 Å². The van der Waals surface area contributed by atoms with Crippen LogP contribution in [0.3, 0.4) is 0 Å². The van der Waals surface area contributed by atoms with E-state index < -0.39 is 5.54 Å². The number of amides is 1. The minimum absolute atomic E-state index is 0.0791. The minimum Gasteiger partial charge on any atom is -0.494 e. The SMILES string of the molecule is CCOc1cccc(N2CCC3(C=CC(=O)N3c3cccc(F)c3)CC2C)c1. The van der Waals surface area contributed by atoms with Gasteiger partial charge < -0.3 is 9.64 Å². The molecule has 2 aromatic carbocycles. The molecule has 28 heavy (non-hydrogen) atoms. The van der Waals surface area contributed by atoms with E-state index in [0.29, 0.717) is 12.3 Å². The van der Waals surface area contributed by atoms with E-state index in [1.807, 2.05) is 25.1 Å². The summed E-state index contributed by atoms with van der Waals surface area (Å²) in [4.78, 5) is 16.7. The van der Waals surface area contributed by atoms with Crippen molar-refractivity contribution in [2.75, 3.05) is 23.0 Å². The number of anilines is 2. The Hall–Kier alpha value is -2.82. The van der Waals surface area contributed by atoms with Gasteiger partial charge in [0.1, 0.15) is 11.6 Å². The van der Waals surface area contributed by atoms with Crippen LogP contribution >= 0.6 is 0 Å². The lowest BCUT2D eigenvalue weighted by atomic mass is 9.82. The Bertz CT molecular complexity index is 913. The van der Waals surface area contributed by atoms with Gasteiger partial charge in [-0.15, -0.1) is 0 Å². The highest BCUT2D eigenvalue weighted by Crippen LogP contribution is 2.42. The van der Waals surface area contributed by atoms with Crippen molar-refractivity contribution >= 4 is 17.3 Å². The van der Waals surface area contributed by atoms with Gasteiger partial charge in [-0.3, -0.25) is 9.69 Å². The lowest BCUT2D eigenvalue weighted by Gasteiger charge is -2.48. The molecule has 0 radical (unpaired) electrons. The quantitative estimate of drug-likeness (QED) is 0.780. The summed E-state index contributed by atoms with van der Waals surface area (Å²) < 4.78 is 19.4. The average molecular weight is 380 g/mol. The Morgan fingerprint density at radius 2 is 1.96 bits per heavy atom. The maximum Gasteiger partial charge on any atom is 0.251 e. The molecule has 2 aliphatic rings. The van der Waals surface area contributed by atoms with Crippen molar-refractivity contribution in [3.63, 3.8) is 0 Å². The Labute approximate surface area is 165 Å². The molecule has 2 aromatic rings. The maximum absolute atomic E-state index is 13.8. The molecule has 1 fully saturated rings. The standard InChI is InChI=1S/C23H25FN2O2/c1-3-28-21-9-5-7-19(15-21)25-13-12-23(16-17(25)2)11-10-22(27)26(23)20-8-4-6-18(24)14-20/h4-11,14-15,17H,3,12-13,16H2,1-2H3. The molecule has 0 aliphatic carbocycles. The fourth-order valence-corrected chi connectivity index (χ4v) is 4.51.